The van der Waals surface area contributed by atoms with Crippen LogP contribution in [0.2, 0.25) is 0 Å². The van der Waals surface area contributed by atoms with E-state index in [1.54, 1.807) is 12.2 Å². The molecule has 0 rings (SSSR count). The summed E-state index contributed by atoms with van der Waals surface area (Å²) in [4.78, 5) is 15.5. The quantitative estimate of drug-likeness (QED) is 0.376. The van der Waals surface area contributed by atoms with E-state index in [9.17, 15) is 4.79 Å². The van der Waals surface area contributed by atoms with Crippen molar-refractivity contribution >= 4 is 5.91 Å². The first-order valence-corrected chi connectivity index (χ1v) is 3.41. The first-order chi connectivity index (χ1) is 5.26. The number of carbonyl (C=O) groups is 1. The minimum absolute atomic E-state index is 0.213. The number of nitrogens with one attached hydrogen (secondary N) is 1. The van der Waals surface area contributed by atoms with Crippen LogP contribution in [0, 0.1) is 0 Å². The van der Waals surface area contributed by atoms with Crippen LogP contribution in [0.3, 0.4) is 0 Å². The molecule has 11 heavy (non-hydrogen) atoms. The Hall–Kier alpha value is -1.09. The summed E-state index contributed by atoms with van der Waals surface area (Å²) in [6, 6.07) is 0. The van der Waals surface area contributed by atoms with E-state index in [0.29, 0.717) is 12.0 Å². The van der Waals surface area contributed by atoms with E-state index in [-0.39, 0.29) is 5.91 Å². The second-order valence-electron chi connectivity index (χ2n) is 1.92. The zero-order chi connectivity index (χ0) is 8.69. The second kappa shape index (κ2) is 5.68. The lowest BCUT2D eigenvalue weighted by atomic mass is 10.2. The lowest BCUT2D eigenvalue weighted by Crippen LogP contribution is -2.23. The van der Waals surface area contributed by atoms with Gasteiger partial charge in [-0.05, 0) is 6.42 Å². The Kier molecular flexibility index (Phi) is 5.11. The fourth-order valence-electron chi connectivity index (χ4n) is 0.655. The van der Waals surface area contributed by atoms with Gasteiger partial charge in [0.25, 0.3) is 5.91 Å². The number of allylic oxidation sites excluding steroid dienone is 2. The molecule has 0 aliphatic heterocycles. The predicted octanol–water partition coefficient (Wildman–Crippen LogP) is 1.19. The van der Waals surface area contributed by atoms with Crippen LogP contribution in [-0.2, 0) is 9.63 Å². The number of carbonyl (C=O) groups excluding carboxylic acids is 1. The maximum absolute atomic E-state index is 11.0. The number of amides is 1. The van der Waals surface area contributed by atoms with Gasteiger partial charge in [-0.15, -0.1) is 0 Å². The number of hydroxylamine groups is 1. The van der Waals surface area contributed by atoms with Gasteiger partial charge in [-0.2, -0.15) is 0 Å². The third-order valence-electron chi connectivity index (χ3n) is 1.19. The fraction of sp³-hybridized carbons (Fsp3) is 0.375. The van der Waals surface area contributed by atoms with Crippen molar-refractivity contribution in [3.05, 3.63) is 24.3 Å². The van der Waals surface area contributed by atoms with Crippen molar-refractivity contribution in [1.29, 1.82) is 0 Å². The van der Waals surface area contributed by atoms with E-state index in [0.717, 1.165) is 0 Å². The van der Waals surface area contributed by atoms with Crippen LogP contribution < -0.4 is 5.48 Å². The fourth-order valence-corrected chi connectivity index (χ4v) is 0.655. The van der Waals surface area contributed by atoms with E-state index >= 15 is 0 Å². The van der Waals surface area contributed by atoms with Crippen molar-refractivity contribution in [2.75, 3.05) is 7.11 Å². The van der Waals surface area contributed by atoms with Crippen LogP contribution in [-0.4, -0.2) is 13.0 Å². The minimum atomic E-state index is -0.213. The van der Waals surface area contributed by atoms with Gasteiger partial charge in [0.2, 0.25) is 0 Å². The van der Waals surface area contributed by atoms with E-state index in [1.165, 1.54) is 7.11 Å². The highest BCUT2D eigenvalue weighted by Crippen LogP contribution is 1.99. The molecule has 0 aromatic rings. The SMILES string of the molecule is C=CC=C(CC)C(=O)NOC. The highest BCUT2D eigenvalue weighted by atomic mass is 16.6. The molecule has 1 N–H and O–H groups in total. The number of hydrogen-bond acceptors (Lipinski definition) is 2. The molecule has 3 heteroatoms. The van der Waals surface area contributed by atoms with E-state index < -0.39 is 0 Å². The Morgan fingerprint density at radius 1 is 1.73 bits per heavy atom. The van der Waals surface area contributed by atoms with Gasteiger partial charge in [-0.25, -0.2) is 5.48 Å². The Bertz CT molecular complexity index is 173. The molecule has 62 valence electrons. The summed E-state index contributed by atoms with van der Waals surface area (Å²) >= 11 is 0. The molecule has 0 fully saturated rings. The van der Waals surface area contributed by atoms with Crippen molar-refractivity contribution in [3.63, 3.8) is 0 Å². The Morgan fingerprint density at radius 2 is 2.36 bits per heavy atom. The maximum atomic E-state index is 11.0. The third kappa shape index (κ3) is 3.57. The summed E-state index contributed by atoms with van der Waals surface area (Å²) in [6.45, 7) is 5.39. The Balaban J connectivity index is 4.13. The molecule has 0 unspecified atom stereocenters. The van der Waals surface area contributed by atoms with Crippen molar-refractivity contribution in [2.24, 2.45) is 0 Å². The summed E-state index contributed by atoms with van der Waals surface area (Å²) in [6.07, 6.45) is 3.91. The predicted molar refractivity (Wildman–Crippen MR) is 43.7 cm³/mol. The smallest absolute Gasteiger partial charge is 0.270 e. The molecule has 0 bridgehead atoms. The molecule has 0 radical (unpaired) electrons. The molecule has 0 aliphatic carbocycles. The van der Waals surface area contributed by atoms with Crippen molar-refractivity contribution < 1.29 is 9.63 Å². The highest BCUT2D eigenvalue weighted by molar-refractivity contribution is 5.92. The standard InChI is InChI=1S/C8H13NO2/c1-4-6-7(5-2)8(10)9-11-3/h4,6H,1,5H2,2-3H3,(H,9,10). The highest BCUT2D eigenvalue weighted by Gasteiger charge is 2.03. The summed E-state index contributed by atoms with van der Waals surface area (Å²) in [5.74, 6) is -0.213. The molecular formula is C8H13NO2. The Labute approximate surface area is 66.7 Å². The van der Waals surface area contributed by atoms with E-state index in [4.69, 9.17) is 0 Å². The number of hydrogen-bond donors (Lipinski definition) is 1. The van der Waals surface area contributed by atoms with Crippen molar-refractivity contribution in [2.45, 2.75) is 13.3 Å². The summed E-state index contributed by atoms with van der Waals surface area (Å²) < 4.78 is 0. The molecule has 0 spiro atoms. The van der Waals surface area contributed by atoms with E-state index in [2.05, 4.69) is 16.9 Å². The zero-order valence-electron chi connectivity index (χ0n) is 6.89. The zero-order valence-corrected chi connectivity index (χ0v) is 6.89. The van der Waals surface area contributed by atoms with Crippen LogP contribution in [0.1, 0.15) is 13.3 Å². The topological polar surface area (TPSA) is 38.3 Å². The second-order valence-corrected chi connectivity index (χ2v) is 1.92. The van der Waals surface area contributed by atoms with Crippen LogP contribution in [0.5, 0.6) is 0 Å². The molecule has 0 saturated carbocycles. The first-order valence-electron chi connectivity index (χ1n) is 3.41. The summed E-state index contributed by atoms with van der Waals surface area (Å²) in [7, 11) is 1.40. The molecule has 0 heterocycles. The van der Waals surface area contributed by atoms with Gasteiger partial charge in [-0.1, -0.05) is 25.7 Å². The molecule has 0 aromatic carbocycles. The Morgan fingerprint density at radius 3 is 2.73 bits per heavy atom. The van der Waals surface area contributed by atoms with Gasteiger partial charge in [0.15, 0.2) is 0 Å². The van der Waals surface area contributed by atoms with Gasteiger partial charge in [0.05, 0.1) is 7.11 Å². The normalized spacial score (nSPS) is 10.9. The first kappa shape index (κ1) is 9.91. The largest absolute Gasteiger partial charge is 0.277 e. The van der Waals surface area contributed by atoms with Crippen molar-refractivity contribution in [3.8, 4) is 0 Å². The van der Waals surface area contributed by atoms with Crippen LogP contribution >= 0.6 is 0 Å². The van der Waals surface area contributed by atoms with Gasteiger partial charge in [0, 0.05) is 5.57 Å². The average molecular weight is 155 g/mol. The van der Waals surface area contributed by atoms with Gasteiger partial charge >= 0.3 is 0 Å². The lowest BCUT2D eigenvalue weighted by molar-refractivity contribution is -0.127. The van der Waals surface area contributed by atoms with Crippen molar-refractivity contribution in [1.82, 2.24) is 5.48 Å². The number of rotatable bonds is 4. The molecule has 0 aliphatic rings. The summed E-state index contributed by atoms with van der Waals surface area (Å²) in [5.41, 5.74) is 2.88. The maximum Gasteiger partial charge on any atom is 0.270 e. The molecule has 0 atom stereocenters. The van der Waals surface area contributed by atoms with Crippen LogP contribution in [0.25, 0.3) is 0 Å². The summed E-state index contributed by atoms with van der Waals surface area (Å²) in [5, 5.41) is 0. The van der Waals surface area contributed by atoms with Gasteiger partial charge in [-0.3, -0.25) is 9.63 Å². The molecule has 0 saturated heterocycles. The third-order valence-corrected chi connectivity index (χ3v) is 1.19. The van der Waals surface area contributed by atoms with Crippen LogP contribution in [0.15, 0.2) is 24.3 Å². The minimum Gasteiger partial charge on any atom is -0.277 e. The molecule has 0 aromatic heterocycles. The molecule has 1 amide bonds. The van der Waals surface area contributed by atoms with Gasteiger partial charge < -0.3 is 0 Å². The lowest BCUT2D eigenvalue weighted by Gasteiger charge is -2.02. The van der Waals surface area contributed by atoms with Crippen LogP contribution in [0.4, 0.5) is 0 Å². The molecular weight excluding hydrogens is 142 g/mol. The van der Waals surface area contributed by atoms with E-state index in [1.807, 2.05) is 6.92 Å². The van der Waals surface area contributed by atoms with Gasteiger partial charge in [0.1, 0.15) is 0 Å². The molecule has 3 nitrogen and oxygen atoms in total. The monoisotopic (exact) mass is 155 g/mol. The average Bonchev–Trinajstić information content (AvgIpc) is 2.00.